The van der Waals surface area contributed by atoms with Crippen LogP contribution in [0.2, 0.25) is 0 Å². The number of fused-ring (bicyclic) bond motifs is 2. The summed E-state index contributed by atoms with van der Waals surface area (Å²) >= 11 is 0. The predicted octanol–water partition coefficient (Wildman–Crippen LogP) is 1.93. The third-order valence-corrected chi connectivity index (χ3v) is 2.70. The Morgan fingerprint density at radius 3 is 3.20 bits per heavy atom. The van der Waals surface area contributed by atoms with Crippen molar-refractivity contribution in [3.8, 4) is 0 Å². The molecule has 0 N–H and O–H groups in total. The van der Waals surface area contributed by atoms with Crippen LogP contribution in [0.4, 0.5) is 0 Å². The summed E-state index contributed by atoms with van der Waals surface area (Å²) in [6, 6.07) is 0. The van der Waals surface area contributed by atoms with Crippen molar-refractivity contribution in [1.29, 1.82) is 0 Å². The molecule has 0 amide bonds. The minimum atomic E-state index is 0.375. The number of hydrogen-bond donors (Lipinski definition) is 0. The molecule has 0 aromatic rings. The fraction of sp³-hybridized carbons (Fsp3) is 0.667. The van der Waals surface area contributed by atoms with Crippen molar-refractivity contribution in [3.63, 3.8) is 0 Å². The molecule has 2 bridgehead atoms. The van der Waals surface area contributed by atoms with Crippen molar-refractivity contribution < 1.29 is 4.79 Å². The Labute approximate surface area is 61.1 Å². The summed E-state index contributed by atoms with van der Waals surface area (Å²) in [4.78, 5) is 11.2. The molecule has 0 spiro atoms. The minimum Gasteiger partial charge on any atom is -0.295 e. The Morgan fingerprint density at radius 2 is 2.30 bits per heavy atom. The average Bonchev–Trinajstić information content (AvgIpc) is 2.27. The van der Waals surface area contributed by atoms with Crippen LogP contribution < -0.4 is 0 Å². The van der Waals surface area contributed by atoms with Gasteiger partial charge in [-0.1, -0.05) is 6.08 Å². The van der Waals surface area contributed by atoms with Gasteiger partial charge in [0.25, 0.3) is 0 Å². The van der Waals surface area contributed by atoms with Gasteiger partial charge in [-0.2, -0.15) is 0 Å². The van der Waals surface area contributed by atoms with Gasteiger partial charge >= 0.3 is 0 Å². The largest absolute Gasteiger partial charge is 0.295 e. The van der Waals surface area contributed by atoms with E-state index in [1.54, 1.807) is 6.08 Å². The molecule has 0 heterocycles. The maximum atomic E-state index is 11.2. The monoisotopic (exact) mass is 136 g/mol. The van der Waals surface area contributed by atoms with E-state index in [4.69, 9.17) is 0 Å². The molecule has 2 aliphatic rings. The standard InChI is InChI=1S/C9H12O/c10-9-3-1-2-7-4-5-8(9)6-7/h1,3,7-8H,2,4-6H2. The number of rotatable bonds is 0. The first-order valence-corrected chi connectivity index (χ1v) is 4.06. The molecule has 54 valence electrons. The van der Waals surface area contributed by atoms with Crippen LogP contribution in [0.3, 0.4) is 0 Å². The maximum absolute atomic E-state index is 11.2. The SMILES string of the molecule is O=C1C=CCC2CCC1C2. The van der Waals surface area contributed by atoms with Gasteiger partial charge in [-0.25, -0.2) is 0 Å². The lowest BCUT2D eigenvalue weighted by Crippen LogP contribution is -2.05. The highest BCUT2D eigenvalue weighted by Gasteiger charge is 2.29. The highest BCUT2D eigenvalue weighted by Crippen LogP contribution is 2.35. The Kier molecular flexibility index (Phi) is 1.37. The molecule has 1 nitrogen and oxygen atoms in total. The van der Waals surface area contributed by atoms with Gasteiger partial charge < -0.3 is 0 Å². The van der Waals surface area contributed by atoms with Crippen molar-refractivity contribution in [2.75, 3.05) is 0 Å². The van der Waals surface area contributed by atoms with Gasteiger partial charge in [-0.3, -0.25) is 4.79 Å². The van der Waals surface area contributed by atoms with Crippen LogP contribution in [0.15, 0.2) is 12.2 Å². The lowest BCUT2D eigenvalue weighted by atomic mass is 10.0. The Bertz CT molecular complexity index is 181. The molecule has 0 aromatic heterocycles. The van der Waals surface area contributed by atoms with Crippen LogP contribution in [0.5, 0.6) is 0 Å². The molecular formula is C9H12O. The number of carbonyl (C=O) groups is 1. The molecule has 0 aliphatic heterocycles. The molecule has 2 aliphatic carbocycles. The fourth-order valence-electron chi connectivity index (χ4n) is 2.06. The summed E-state index contributed by atoms with van der Waals surface area (Å²) in [7, 11) is 0. The second kappa shape index (κ2) is 2.22. The van der Waals surface area contributed by atoms with E-state index in [0.717, 1.165) is 25.2 Å². The quantitative estimate of drug-likeness (QED) is 0.497. The molecule has 10 heavy (non-hydrogen) atoms. The summed E-state index contributed by atoms with van der Waals surface area (Å²) in [5.74, 6) is 1.59. The van der Waals surface area contributed by atoms with Crippen LogP contribution in [-0.4, -0.2) is 5.78 Å². The van der Waals surface area contributed by atoms with Crippen LogP contribution in [0.25, 0.3) is 0 Å². The molecule has 1 fully saturated rings. The first-order chi connectivity index (χ1) is 4.86. The smallest absolute Gasteiger partial charge is 0.158 e. The highest BCUT2D eigenvalue weighted by molar-refractivity contribution is 5.92. The zero-order valence-corrected chi connectivity index (χ0v) is 6.05. The van der Waals surface area contributed by atoms with Crippen LogP contribution in [0, 0.1) is 11.8 Å². The maximum Gasteiger partial charge on any atom is 0.158 e. The van der Waals surface area contributed by atoms with Crippen LogP contribution in [-0.2, 0) is 4.79 Å². The van der Waals surface area contributed by atoms with E-state index in [0.29, 0.717) is 11.7 Å². The molecule has 0 radical (unpaired) electrons. The number of allylic oxidation sites excluding steroid dienone is 2. The van der Waals surface area contributed by atoms with E-state index >= 15 is 0 Å². The minimum absolute atomic E-state index is 0.375. The predicted molar refractivity (Wildman–Crippen MR) is 39.6 cm³/mol. The van der Waals surface area contributed by atoms with E-state index in [9.17, 15) is 4.79 Å². The van der Waals surface area contributed by atoms with E-state index in [-0.39, 0.29) is 0 Å². The third-order valence-electron chi connectivity index (χ3n) is 2.70. The molecule has 2 atom stereocenters. The average molecular weight is 136 g/mol. The van der Waals surface area contributed by atoms with Gasteiger partial charge in [-0.05, 0) is 37.7 Å². The summed E-state index contributed by atoms with van der Waals surface area (Å²) in [5, 5.41) is 0. The molecule has 0 aromatic carbocycles. The molecular weight excluding hydrogens is 124 g/mol. The summed E-state index contributed by atoms with van der Waals surface area (Å²) in [5.41, 5.74) is 0. The zero-order chi connectivity index (χ0) is 6.97. The Hall–Kier alpha value is -0.590. The first kappa shape index (κ1) is 6.14. The number of ketones is 1. The van der Waals surface area contributed by atoms with Crippen molar-refractivity contribution in [3.05, 3.63) is 12.2 Å². The lowest BCUT2D eigenvalue weighted by molar-refractivity contribution is -0.118. The highest BCUT2D eigenvalue weighted by atomic mass is 16.1. The first-order valence-electron chi connectivity index (χ1n) is 4.06. The summed E-state index contributed by atoms with van der Waals surface area (Å²) in [6.07, 6.45) is 8.55. The molecule has 2 unspecified atom stereocenters. The topological polar surface area (TPSA) is 17.1 Å². The van der Waals surface area contributed by atoms with Crippen LogP contribution in [0.1, 0.15) is 25.7 Å². The van der Waals surface area contributed by atoms with E-state index in [1.807, 2.05) is 6.08 Å². The van der Waals surface area contributed by atoms with Gasteiger partial charge in [0, 0.05) is 5.92 Å². The lowest BCUT2D eigenvalue weighted by Gasteiger charge is -2.01. The second-order valence-electron chi connectivity index (χ2n) is 3.42. The molecule has 0 saturated heterocycles. The molecule has 2 rings (SSSR count). The van der Waals surface area contributed by atoms with E-state index in [2.05, 4.69) is 0 Å². The van der Waals surface area contributed by atoms with Gasteiger partial charge in [-0.15, -0.1) is 0 Å². The summed E-state index contributed by atoms with van der Waals surface area (Å²) < 4.78 is 0. The van der Waals surface area contributed by atoms with Crippen molar-refractivity contribution in [1.82, 2.24) is 0 Å². The second-order valence-corrected chi connectivity index (χ2v) is 3.42. The van der Waals surface area contributed by atoms with Gasteiger partial charge in [0.15, 0.2) is 5.78 Å². The van der Waals surface area contributed by atoms with Gasteiger partial charge in [0.2, 0.25) is 0 Å². The van der Waals surface area contributed by atoms with E-state index < -0.39 is 0 Å². The van der Waals surface area contributed by atoms with E-state index in [1.165, 1.54) is 6.42 Å². The normalized spacial score (nSPS) is 38.2. The van der Waals surface area contributed by atoms with Crippen molar-refractivity contribution in [2.45, 2.75) is 25.7 Å². The number of carbonyl (C=O) groups excluding carboxylic acids is 1. The summed E-state index contributed by atoms with van der Waals surface area (Å²) in [6.45, 7) is 0. The van der Waals surface area contributed by atoms with Crippen molar-refractivity contribution in [2.24, 2.45) is 11.8 Å². The van der Waals surface area contributed by atoms with Crippen molar-refractivity contribution >= 4 is 5.78 Å². The molecule has 1 saturated carbocycles. The Morgan fingerprint density at radius 1 is 1.40 bits per heavy atom. The third kappa shape index (κ3) is 0.898. The van der Waals surface area contributed by atoms with Crippen LogP contribution >= 0.6 is 0 Å². The fourth-order valence-corrected chi connectivity index (χ4v) is 2.06. The number of hydrogen-bond acceptors (Lipinski definition) is 1. The molecule has 1 heteroatoms. The van der Waals surface area contributed by atoms with Gasteiger partial charge in [0.05, 0.1) is 0 Å². The zero-order valence-electron chi connectivity index (χ0n) is 6.05. The van der Waals surface area contributed by atoms with Gasteiger partial charge in [0.1, 0.15) is 0 Å². The Balaban J connectivity index is 2.21.